The molecule has 0 heterocycles. The van der Waals surface area contributed by atoms with E-state index < -0.39 is 0 Å². The average Bonchev–Trinajstić information content (AvgIpc) is 2.42. The van der Waals surface area contributed by atoms with Gasteiger partial charge in [0.05, 0.1) is 17.7 Å². The van der Waals surface area contributed by atoms with Crippen molar-refractivity contribution in [2.24, 2.45) is 5.92 Å². The monoisotopic (exact) mass is 262 g/mol. The van der Waals surface area contributed by atoms with Gasteiger partial charge in [-0.25, -0.2) is 0 Å². The molecule has 4 heteroatoms. The molecule has 1 atom stereocenters. The molecular formula is C14H18N2OS. The predicted molar refractivity (Wildman–Crippen MR) is 74.2 cm³/mol. The predicted octanol–water partition coefficient (Wildman–Crippen LogP) is 2.79. The van der Waals surface area contributed by atoms with E-state index in [9.17, 15) is 4.79 Å². The second-order valence-corrected chi connectivity index (χ2v) is 5.11. The number of carbonyl (C=O) groups excluding carboxylic acids is 1. The van der Waals surface area contributed by atoms with Crippen LogP contribution in [0.3, 0.4) is 0 Å². The third-order valence-corrected chi connectivity index (χ3v) is 3.55. The van der Waals surface area contributed by atoms with Crippen LogP contribution in [-0.4, -0.2) is 29.6 Å². The van der Waals surface area contributed by atoms with Gasteiger partial charge >= 0.3 is 0 Å². The molecule has 1 rings (SSSR count). The summed E-state index contributed by atoms with van der Waals surface area (Å²) in [5, 5.41) is 8.78. The fraction of sp³-hybridized carbons (Fsp3) is 0.429. The molecule has 0 radical (unpaired) electrons. The lowest BCUT2D eigenvalue weighted by molar-refractivity contribution is -0.128. The summed E-state index contributed by atoms with van der Waals surface area (Å²) in [5.41, 5.74) is 0. The Labute approximate surface area is 113 Å². The number of nitrogens with zero attached hydrogens (tertiary/aromatic N) is 2. The molecule has 1 aromatic carbocycles. The third kappa shape index (κ3) is 4.80. The summed E-state index contributed by atoms with van der Waals surface area (Å²) < 4.78 is 0. The Bertz CT molecular complexity index is 414. The van der Waals surface area contributed by atoms with Crippen LogP contribution in [0.15, 0.2) is 35.2 Å². The van der Waals surface area contributed by atoms with Crippen molar-refractivity contribution < 1.29 is 4.79 Å². The van der Waals surface area contributed by atoms with E-state index in [2.05, 4.69) is 6.07 Å². The molecule has 0 aromatic heterocycles. The van der Waals surface area contributed by atoms with E-state index in [1.165, 1.54) is 11.8 Å². The molecule has 0 aliphatic carbocycles. The summed E-state index contributed by atoms with van der Waals surface area (Å²) in [7, 11) is 0. The molecule has 0 bridgehead atoms. The van der Waals surface area contributed by atoms with Crippen LogP contribution >= 0.6 is 11.8 Å². The molecule has 0 saturated heterocycles. The van der Waals surface area contributed by atoms with Crippen LogP contribution in [0.2, 0.25) is 0 Å². The third-order valence-electron chi connectivity index (χ3n) is 2.55. The number of thioether (sulfide) groups is 1. The van der Waals surface area contributed by atoms with Gasteiger partial charge in [0.1, 0.15) is 0 Å². The first-order chi connectivity index (χ1) is 8.67. The fourth-order valence-electron chi connectivity index (χ4n) is 1.53. The van der Waals surface area contributed by atoms with Gasteiger partial charge in [-0.3, -0.25) is 4.79 Å². The SMILES string of the molecule is CCN(C[C@H](C)C#N)C(=O)CSc1ccccc1. The largest absolute Gasteiger partial charge is 0.341 e. The zero-order valence-electron chi connectivity index (χ0n) is 10.8. The van der Waals surface area contributed by atoms with Gasteiger partial charge < -0.3 is 4.90 Å². The first-order valence-corrected chi connectivity index (χ1v) is 7.01. The smallest absolute Gasteiger partial charge is 0.232 e. The van der Waals surface area contributed by atoms with Crippen LogP contribution in [0, 0.1) is 17.2 Å². The van der Waals surface area contributed by atoms with E-state index in [4.69, 9.17) is 5.26 Å². The Hall–Kier alpha value is -1.47. The molecule has 18 heavy (non-hydrogen) atoms. The molecule has 0 aliphatic heterocycles. The molecule has 0 saturated carbocycles. The number of hydrogen-bond acceptors (Lipinski definition) is 3. The van der Waals surface area contributed by atoms with Gasteiger partial charge in [-0.1, -0.05) is 18.2 Å². The topological polar surface area (TPSA) is 44.1 Å². The molecule has 1 aromatic rings. The molecule has 0 N–H and O–H groups in total. The lowest BCUT2D eigenvalue weighted by Crippen LogP contribution is -2.35. The number of benzene rings is 1. The Kier molecular flexibility index (Phi) is 6.31. The molecule has 0 unspecified atom stereocenters. The van der Waals surface area contributed by atoms with Gasteiger partial charge in [-0.2, -0.15) is 5.26 Å². The molecule has 0 spiro atoms. The molecule has 96 valence electrons. The summed E-state index contributed by atoms with van der Waals surface area (Å²) in [6.07, 6.45) is 0. The van der Waals surface area contributed by atoms with Crippen molar-refractivity contribution in [3.8, 4) is 6.07 Å². The standard InChI is InChI=1S/C14H18N2OS/c1-3-16(10-12(2)9-15)14(17)11-18-13-7-5-4-6-8-13/h4-8,12H,3,10-11H2,1-2H3/t12-/m1/s1. The summed E-state index contributed by atoms with van der Waals surface area (Å²) in [5.74, 6) is 0.403. The zero-order valence-corrected chi connectivity index (χ0v) is 11.6. The van der Waals surface area contributed by atoms with Crippen LogP contribution in [0.5, 0.6) is 0 Å². The van der Waals surface area contributed by atoms with Crippen LogP contribution in [0.1, 0.15) is 13.8 Å². The van der Waals surface area contributed by atoms with Gasteiger partial charge in [0.15, 0.2) is 0 Å². The summed E-state index contributed by atoms with van der Waals surface area (Å²) in [6.45, 7) is 4.94. The second kappa shape index (κ2) is 7.78. The van der Waals surface area contributed by atoms with Crippen molar-refractivity contribution in [3.05, 3.63) is 30.3 Å². The molecular weight excluding hydrogens is 244 g/mol. The minimum atomic E-state index is -0.115. The van der Waals surface area contributed by atoms with Crippen molar-refractivity contribution in [2.75, 3.05) is 18.8 Å². The van der Waals surface area contributed by atoms with Crippen molar-refractivity contribution in [1.82, 2.24) is 4.90 Å². The number of rotatable bonds is 6. The average molecular weight is 262 g/mol. The highest BCUT2D eigenvalue weighted by Gasteiger charge is 2.14. The Morgan fingerprint density at radius 2 is 2.11 bits per heavy atom. The first kappa shape index (κ1) is 14.6. The van der Waals surface area contributed by atoms with E-state index in [0.717, 1.165) is 4.90 Å². The minimum Gasteiger partial charge on any atom is -0.341 e. The highest BCUT2D eigenvalue weighted by molar-refractivity contribution is 8.00. The normalized spacial score (nSPS) is 11.6. The van der Waals surface area contributed by atoms with Gasteiger partial charge in [-0.05, 0) is 26.0 Å². The highest BCUT2D eigenvalue weighted by Crippen LogP contribution is 2.17. The van der Waals surface area contributed by atoms with E-state index in [0.29, 0.717) is 18.8 Å². The van der Waals surface area contributed by atoms with E-state index in [-0.39, 0.29) is 11.8 Å². The van der Waals surface area contributed by atoms with E-state index >= 15 is 0 Å². The quantitative estimate of drug-likeness (QED) is 0.740. The Morgan fingerprint density at radius 3 is 2.67 bits per heavy atom. The van der Waals surface area contributed by atoms with Crippen LogP contribution in [0.25, 0.3) is 0 Å². The molecule has 3 nitrogen and oxygen atoms in total. The Morgan fingerprint density at radius 1 is 1.44 bits per heavy atom. The van der Waals surface area contributed by atoms with Crippen molar-refractivity contribution in [3.63, 3.8) is 0 Å². The maximum absolute atomic E-state index is 12.0. The van der Waals surface area contributed by atoms with Crippen LogP contribution in [0.4, 0.5) is 0 Å². The molecule has 0 fully saturated rings. The number of hydrogen-bond donors (Lipinski definition) is 0. The van der Waals surface area contributed by atoms with Crippen molar-refractivity contribution in [2.45, 2.75) is 18.7 Å². The highest BCUT2D eigenvalue weighted by atomic mass is 32.2. The lowest BCUT2D eigenvalue weighted by Gasteiger charge is -2.21. The van der Waals surface area contributed by atoms with Gasteiger partial charge in [0.2, 0.25) is 5.91 Å². The molecule has 1 amide bonds. The summed E-state index contributed by atoms with van der Waals surface area (Å²) in [6, 6.07) is 12.0. The maximum Gasteiger partial charge on any atom is 0.232 e. The lowest BCUT2D eigenvalue weighted by atomic mass is 10.2. The van der Waals surface area contributed by atoms with Gasteiger partial charge in [-0.15, -0.1) is 11.8 Å². The summed E-state index contributed by atoms with van der Waals surface area (Å²) >= 11 is 1.53. The number of carbonyl (C=O) groups is 1. The first-order valence-electron chi connectivity index (χ1n) is 6.02. The van der Waals surface area contributed by atoms with Crippen LogP contribution in [-0.2, 0) is 4.79 Å². The fourth-order valence-corrected chi connectivity index (χ4v) is 2.35. The van der Waals surface area contributed by atoms with Crippen LogP contribution < -0.4 is 0 Å². The Balaban J connectivity index is 2.46. The number of amides is 1. The van der Waals surface area contributed by atoms with E-state index in [1.807, 2.05) is 44.2 Å². The zero-order chi connectivity index (χ0) is 13.4. The second-order valence-electron chi connectivity index (χ2n) is 4.06. The van der Waals surface area contributed by atoms with E-state index in [1.54, 1.807) is 4.90 Å². The summed E-state index contributed by atoms with van der Waals surface area (Å²) in [4.78, 5) is 14.8. The number of nitriles is 1. The van der Waals surface area contributed by atoms with Gasteiger partial charge in [0, 0.05) is 18.0 Å². The minimum absolute atomic E-state index is 0.0912. The van der Waals surface area contributed by atoms with Crippen molar-refractivity contribution >= 4 is 17.7 Å². The van der Waals surface area contributed by atoms with Gasteiger partial charge in [0.25, 0.3) is 0 Å². The maximum atomic E-state index is 12.0. The van der Waals surface area contributed by atoms with Crippen molar-refractivity contribution in [1.29, 1.82) is 5.26 Å². The molecule has 0 aliphatic rings.